The summed E-state index contributed by atoms with van der Waals surface area (Å²) in [5, 5.41) is 11.8. The average Bonchev–Trinajstić information content (AvgIpc) is 3.53. The molecular formula is C50H51ClFN5O6. The van der Waals surface area contributed by atoms with Crippen molar-refractivity contribution in [1.29, 1.82) is 5.26 Å². The molecule has 4 fully saturated rings. The molecule has 5 amide bonds. The van der Waals surface area contributed by atoms with Crippen LogP contribution in [0.25, 0.3) is 0 Å². The second kappa shape index (κ2) is 16.1. The summed E-state index contributed by atoms with van der Waals surface area (Å²) in [6.07, 6.45) is 7.55. The molecule has 4 heterocycles. The fourth-order valence-corrected chi connectivity index (χ4v) is 12.0. The quantitative estimate of drug-likeness (QED) is 0.136. The Morgan fingerprint density at radius 2 is 1.60 bits per heavy atom. The van der Waals surface area contributed by atoms with Crippen LogP contribution in [0, 0.1) is 57.6 Å². The molecule has 2 saturated heterocycles. The summed E-state index contributed by atoms with van der Waals surface area (Å²) in [5.41, 5.74) is 2.30. The lowest BCUT2D eigenvalue weighted by molar-refractivity contribution is -0.199. The first-order chi connectivity index (χ1) is 30.0. The first kappa shape index (κ1) is 42.6. The van der Waals surface area contributed by atoms with Gasteiger partial charge in [-0.1, -0.05) is 70.4 Å². The van der Waals surface area contributed by atoms with Gasteiger partial charge >= 0.3 is 0 Å². The van der Waals surface area contributed by atoms with Crippen molar-refractivity contribution in [3.05, 3.63) is 92.8 Å². The van der Waals surface area contributed by atoms with E-state index >= 15 is 4.39 Å². The van der Waals surface area contributed by atoms with Gasteiger partial charge in [-0.3, -0.25) is 34.2 Å². The number of carbonyl (C=O) groups is 5. The fourth-order valence-electron chi connectivity index (χ4n) is 11.8. The maximum absolute atomic E-state index is 15.8. The Bertz CT molecular complexity index is 2550. The Morgan fingerprint density at radius 1 is 0.857 bits per heavy atom. The van der Waals surface area contributed by atoms with Crippen LogP contribution in [0.1, 0.15) is 133 Å². The molecule has 2 saturated carbocycles. The van der Waals surface area contributed by atoms with Crippen LogP contribution in [-0.4, -0.2) is 70.6 Å². The van der Waals surface area contributed by atoms with Crippen LogP contribution in [0.5, 0.6) is 5.75 Å². The van der Waals surface area contributed by atoms with Crippen LogP contribution in [0.3, 0.4) is 0 Å². The van der Waals surface area contributed by atoms with Crippen LogP contribution in [0.2, 0.25) is 5.02 Å². The zero-order chi connectivity index (χ0) is 44.5. The highest BCUT2D eigenvalue weighted by atomic mass is 35.5. The zero-order valence-corrected chi connectivity index (χ0v) is 36.8. The number of nitrogens with one attached hydrogen (secondary N) is 1. The van der Waals surface area contributed by atoms with Gasteiger partial charge in [0, 0.05) is 66.2 Å². The van der Waals surface area contributed by atoms with Crippen molar-refractivity contribution in [1.82, 2.24) is 15.1 Å². The number of fused-ring (bicyclic) bond motifs is 2. The molecule has 1 N–H and O–H groups in total. The Kier molecular flexibility index (Phi) is 10.9. The summed E-state index contributed by atoms with van der Waals surface area (Å²) in [4.78, 5) is 69.3. The van der Waals surface area contributed by atoms with Gasteiger partial charge in [0.2, 0.25) is 11.8 Å². The minimum absolute atomic E-state index is 0.0852. The van der Waals surface area contributed by atoms with Gasteiger partial charge in [0.15, 0.2) is 0 Å². The van der Waals surface area contributed by atoms with Crippen LogP contribution in [0.15, 0.2) is 48.5 Å². The lowest BCUT2D eigenvalue weighted by Crippen LogP contribution is -2.74. The van der Waals surface area contributed by atoms with Crippen molar-refractivity contribution < 1.29 is 33.1 Å². The van der Waals surface area contributed by atoms with E-state index < -0.39 is 46.3 Å². The Morgan fingerprint density at radius 3 is 2.33 bits per heavy atom. The first-order valence-electron chi connectivity index (χ1n) is 22.2. The number of imide groups is 2. The van der Waals surface area contributed by atoms with Crippen molar-refractivity contribution in [2.75, 3.05) is 18.0 Å². The van der Waals surface area contributed by atoms with Gasteiger partial charge in [0.25, 0.3) is 17.7 Å². The molecule has 11 nitrogen and oxygen atoms in total. The van der Waals surface area contributed by atoms with Crippen LogP contribution in [-0.2, 0) is 16.1 Å². The molecular weight excluding hydrogens is 821 g/mol. The highest BCUT2D eigenvalue weighted by Gasteiger charge is 2.67. The number of carbonyl (C=O) groups excluding carboxylic acids is 5. The number of ether oxygens (including phenoxy) is 1. The van der Waals surface area contributed by atoms with Crippen LogP contribution < -0.4 is 15.0 Å². The summed E-state index contributed by atoms with van der Waals surface area (Å²) in [6, 6.07) is 14.5. The molecule has 2 aliphatic carbocycles. The van der Waals surface area contributed by atoms with Crippen LogP contribution >= 0.6 is 11.6 Å². The Labute approximate surface area is 372 Å². The van der Waals surface area contributed by atoms with Gasteiger partial charge in [0.05, 0.1) is 27.3 Å². The van der Waals surface area contributed by atoms with Gasteiger partial charge in [-0.2, -0.15) is 5.26 Å². The predicted octanol–water partition coefficient (Wildman–Crippen LogP) is 8.05. The molecule has 3 aromatic carbocycles. The predicted molar refractivity (Wildman–Crippen MR) is 233 cm³/mol. The minimum atomic E-state index is -0.979. The maximum Gasteiger partial charge on any atom is 0.262 e. The molecule has 0 radical (unpaired) electrons. The third-order valence-electron chi connectivity index (χ3n) is 14.6. The Balaban J connectivity index is 0.761. The minimum Gasteiger partial charge on any atom is -0.489 e. The molecule has 0 aromatic heterocycles. The van der Waals surface area contributed by atoms with Gasteiger partial charge < -0.3 is 14.5 Å². The molecule has 9 rings (SSSR count). The topological polar surface area (TPSA) is 140 Å². The Hall–Kier alpha value is -5.72. The van der Waals surface area contributed by atoms with E-state index in [4.69, 9.17) is 16.3 Å². The van der Waals surface area contributed by atoms with E-state index in [1.54, 1.807) is 35.2 Å². The maximum atomic E-state index is 15.8. The highest BCUT2D eigenvalue weighted by Crippen LogP contribution is 2.59. The lowest BCUT2D eigenvalue weighted by Gasteiger charge is -2.65. The molecule has 4 aliphatic heterocycles. The number of piperidine rings is 1. The number of rotatable bonds is 8. The monoisotopic (exact) mass is 871 g/mol. The van der Waals surface area contributed by atoms with E-state index in [2.05, 4.69) is 55.8 Å². The summed E-state index contributed by atoms with van der Waals surface area (Å²) in [5.74, 6) is 5.83. The molecule has 3 unspecified atom stereocenters. The second-order valence-electron chi connectivity index (χ2n) is 19.6. The lowest BCUT2D eigenvalue weighted by atomic mass is 9.49. The third-order valence-corrected chi connectivity index (χ3v) is 14.9. The molecule has 0 spiro atoms. The zero-order valence-electron chi connectivity index (χ0n) is 36.1. The standard InChI is InChI=1S/C50H51ClFN5O6/c1-49(2)47(50(3,4)48(49)63-35-16-14-32(24-53)38(51)23-35)56-27-33-20-30(21-39(52)42(33)46(56)62)12-10-28-6-5-7-29(9-8-28)11-13-31-25-55(26-31)34-15-17-36-37(22-34)45(61)57(44(36)60)40-18-19-41(58)54-43(40)59/h14-17,20-23,28-29,31,40,47-48H,5-9,11,13,18-19,25-27H2,1-4H3,(H,54,58,59). The summed E-state index contributed by atoms with van der Waals surface area (Å²) in [6.45, 7) is 10.3. The smallest absolute Gasteiger partial charge is 0.262 e. The molecule has 63 heavy (non-hydrogen) atoms. The molecule has 3 aromatic rings. The largest absolute Gasteiger partial charge is 0.489 e. The number of nitriles is 1. The summed E-state index contributed by atoms with van der Waals surface area (Å²) < 4.78 is 22.2. The number of nitrogens with zero attached hydrogens (tertiary/aromatic N) is 4. The van der Waals surface area contributed by atoms with E-state index in [-0.39, 0.29) is 47.9 Å². The van der Waals surface area contributed by atoms with E-state index in [0.717, 1.165) is 68.6 Å². The second-order valence-corrected chi connectivity index (χ2v) is 20.0. The highest BCUT2D eigenvalue weighted by molar-refractivity contribution is 6.31. The number of hydrogen-bond donors (Lipinski definition) is 1. The number of hydrogen-bond acceptors (Lipinski definition) is 8. The molecule has 3 atom stereocenters. The number of amides is 5. The summed E-state index contributed by atoms with van der Waals surface area (Å²) in [7, 11) is 0. The van der Waals surface area contributed by atoms with Crippen molar-refractivity contribution in [2.45, 2.75) is 110 Å². The van der Waals surface area contributed by atoms with E-state index in [9.17, 15) is 29.2 Å². The van der Waals surface area contributed by atoms with Crippen molar-refractivity contribution in [3.8, 4) is 23.7 Å². The summed E-state index contributed by atoms with van der Waals surface area (Å²) >= 11 is 6.28. The van der Waals surface area contributed by atoms with Crippen LogP contribution in [0.4, 0.5) is 10.1 Å². The fraction of sp³-hybridized carbons (Fsp3) is 0.480. The number of benzene rings is 3. The normalized spacial score (nSPS) is 26.1. The molecule has 0 bridgehead atoms. The van der Waals surface area contributed by atoms with Gasteiger partial charge in [-0.25, -0.2) is 4.39 Å². The van der Waals surface area contributed by atoms with Gasteiger partial charge in [-0.05, 0) is 92.0 Å². The van der Waals surface area contributed by atoms with E-state index in [0.29, 0.717) is 51.4 Å². The first-order valence-corrected chi connectivity index (χ1v) is 22.5. The van der Waals surface area contributed by atoms with Crippen molar-refractivity contribution in [3.63, 3.8) is 0 Å². The van der Waals surface area contributed by atoms with E-state index in [1.807, 2.05) is 12.1 Å². The van der Waals surface area contributed by atoms with Gasteiger partial charge in [0.1, 0.15) is 29.8 Å². The molecule has 13 heteroatoms. The number of halogens is 2. The van der Waals surface area contributed by atoms with Crippen molar-refractivity contribution in [2.24, 2.45) is 28.6 Å². The number of anilines is 1. The SMILES string of the molecule is CC1(C)C(Oc2ccc(C#N)c(Cl)c2)C(C)(C)C1N1Cc2cc(C#CC3CCCC(CCC4CN(c5ccc6c(c5)C(=O)N(C5CCC(=O)NC5=O)C6=O)C4)CC3)cc(F)c2C1=O. The molecule has 6 aliphatic rings. The van der Waals surface area contributed by atoms with Crippen molar-refractivity contribution >= 4 is 46.8 Å². The molecule has 326 valence electrons. The third kappa shape index (κ3) is 7.54. The van der Waals surface area contributed by atoms with Gasteiger partial charge in [-0.15, -0.1) is 0 Å². The average molecular weight is 872 g/mol. The van der Waals surface area contributed by atoms with E-state index in [1.165, 1.54) is 6.07 Å².